The molecular weight excluding hydrogens is 567 g/mol. The van der Waals surface area contributed by atoms with E-state index in [1.54, 1.807) is 42.5 Å². The zero-order valence-corrected chi connectivity index (χ0v) is 24.7. The third-order valence-electron chi connectivity index (χ3n) is 7.46. The second-order valence-electron chi connectivity index (χ2n) is 10.2. The molecule has 2 aromatic heterocycles. The fourth-order valence-electron chi connectivity index (χ4n) is 4.80. The second-order valence-corrected chi connectivity index (χ2v) is 11.9. The third kappa shape index (κ3) is 6.60. The van der Waals surface area contributed by atoms with Crippen molar-refractivity contribution in [3.05, 3.63) is 54.5 Å². The standard InChI is InChI=1S/C27H39N6O8P/c1-4-18(5-2)13-38-26(36)17(3)32-42(37,41-19-9-7-6-8-10-19)39-14-21-23(34)24(35)27(15-28,40-21)22-12-11-20-25(29)30-16-31-33(20)22/h6-12,16-18,21,23-24,34-35H,4-5,13-15,28H2,1-3H3,(H,32,37)(H2,29,30,31)/t17-,21+,23+,24+,27-,42-/m0/s1. The number of aliphatic hydroxyl groups excluding tert-OH is 2. The van der Waals surface area contributed by atoms with Crippen molar-refractivity contribution in [2.45, 2.75) is 63.6 Å². The van der Waals surface area contributed by atoms with E-state index in [4.69, 9.17) is 30.0 Å². The molecule has 7 N–H and O–H groups in total. The maximum absolute atomic E-state index is 13.9. The molecule has 0 saturated carbocycles. The summed E-state index contributed by atoms with van der Waals surface area (Å²) in [6, 6.07) is 10.5. The van der Waals surface area contributed by atoms with Gasteiger partial charge in [0.05, 0.1) is 18.9 Å². The Bertz CT molecular complexity index is 1390. The maximum Gasteiger partial charge on any atom is 0.459 e. The van der Waals surface area contributed by atoms with Crippen LogP contribution in [0.3, 0.4) is 0 Å². The van der Waals surface area contributed by atoms with Crippen molar-refractivity contribution >= 4 is 25.1 Å². The van der Waals surface area contributed by atoms with Crippen LogP contribution in [0.15, 0.2) is 48.8 Å². The monoisotopic (exact) mass is 606 g/mol. The van der Waals surface area contributed by atoms with Gasteiger partial charge in [-0.15, -0.1) is 0 Å². The van der Waals surface area contributed by atoms with Gasteiger partial charge in [0.15, 0.2) is 11.4 Å². The van der Waals surface area contributed by atoms with Crippen LogP contribution in [0.1, 0.15) is 39.3 Å². The van der Waals surface area contributed by atoms with Crippen molar-refractivity contribution in [2.75, 3.05) is 25.5 Å². The lowest BCUT2D eigenvalue weighted by atomic mass is 9.91. The summed E-state index contributed by atoms with van der Waals surface area (Å²) in [6.07, 6.45) is -1.25. The van der Waals surface area contributed by atoms with Gasteiger partial charge in [0.1, 0.15) is 41.9 Å². The van der Waals surface area contributed by atoms with Crippen molar-refractivity contribution in [3.63, 3.8) is 0 Å². The van der Waals surface area contributed by atoms with Gasteiger partial charge in [-0.3, -0.25) is 9.32 Å². The molecule has 1 aromatic carbocycles. The molecule has 1 aliphatic heterocycles. The lowest BCUT2D eigenvalue weighted by Crippen LogP contribution is -2.47. The number of ether oxygens (including phenoxy) is 2. The molecule has 0 amide bonds. The number of benzene rings is 1. The Morgan fingerprint density at radius 3 is 2.60 bits per heavy atom. The molecule has 1 aliphatic rings. The number of hydrogen-bond donors (Lipinski definition) is 5. The Hall–Kier alpha value is -3.10. The van der Waals surface area contributed by atoms with Crippen LogP contribution in [0.4, 0.5) is 5.82 Å². The topological polar surface area (TPSA) is 206 Å². The van der Waals surface area contributed by atoms with Crippen LogP contribution in [0.25, 0.3) is 5.52 Å². The summed E-state index contributed by atoms with van der Waals surface area (Å²) in [5.74, 6) is 0.000156. The van der Waals surface area contributed by atoms with E-state index >= 15 is 0 Å². The molecule has 0 bridgehead atoms. The Labute approximate surface area is 243 Å². The molecule has 4 rings (SSSR count). The highest BCUT2D eigenvalue weighted by Gasteiger charge is 2.56. The predicted molar refractivity (Wildman–Crippen MR) is 153 cm³/mol. The van der Waals surface area contributed by atoms with Crippen LogP contribution in [-0.2, 0) is 29.0 Å². The highest BCUT2D eigenvalue weighted by molar-refractivity contribution is 7.52. The summed E-state index contributed by atoms with van der Waals surface area (Å²) in [7, 11) is -4.26. The molecule has 1 fully saturated rings. The first-order valence-electron chi connectivity index (χ1n) is 13.8. The summed E-state index contributed by atoms with van der Waals surface area (Å²) >= 11 is 0. The fraction of sp³-hybridized carbons (Fsp3) is 0.519. The largest absolute Gasteiger partial charge is 0.464 e. The van der Waals surface area contributed by atoms with Gasteiger partial charge in [0, 0.05) is 6.54 Å². The average Bonchev–Trinajstić information content (AvgIpc) is 3.53. The van der Waals surface area contributed by atoms with Crippen LogP contribution in [-0.4, -0.2) is 74.9 Å². The van der Waals surface area contributed by atoms with Gasteiger partial charge in [-0.25, -0.2) is 14.1 Å². The molecule has 1 saturated heterocycles. The Kier molecular flexibility index (Phi) is 10.2. The number of esters is 1. The third-order valence-corrected chi connectivity index (χ3v) is 9.11. The lowest BCUT2D eigenvalue weighted by Gasteiger charge is -2.30. The van der Waals surface area contributed by atoms with E-state index in [1.807, 2.05) is 13.8 Å². The van der Waals surface area contributed by atoms with Gasteiger partial charge < -0.3 is 35.7 Å². The number of anilines is 1. The Morgan fingerprint density at radius 2 is 1.93 bits per heavy atom. The molecular formula is C27H39N6O8P. The van der Waals surface area contributed by atoms with E-state index in [1.165, 1.54) is 17.8 Å². The number of hydrogen-bond acceptors (Lipinski definition) is 12. The zero-order chi connectivity index (χ0) is 30.5. The summed E-state index contributed by atoms with van der Waals surface area (Å²) in [5.41, 5.74) is 11.2. The van der Waals surface area contributed by atoms with Gasteiger partial charge in [0.25, 0.3) is 0 Å². The SMILES string of the molecule is CCC(CC)COC(=O)[C@H](C)N[P@](=O)(OC[C@H]1O[C@@](CN)(c2ccc3c(N)ncnn23)[C@H](O)[C@@H]1O)Oc1ccccc1. The molecule has 42 heavy (non-hydrogen) atoms. The number of carbonyl (C=O) groups excluding carboxylic acids is 1. The van der Waals surface area contributed by atoms with Crippen molar-refractivity contribution in [3.8, 4) is 5.75 Å². The minimum absolute atomic E-state index is 0.203. The molecule has 15 heteroatoms. The quantitative estimate of drug-likeness (QED) is 0.131. The number of carbonyl (C=O) groups is 1. The van der Waals surface area contributed by atoms with E-state index in [9.17, 15) is 19.6 Å². The zero-order valence-electron chi connectivity index (χ0n) is 23.8. The molecule has 14 nitrogen and oxygen atoms in total. The number of nitrogens with two attached hydrogens (primary N) is 2. The van der Waals surface area contributed by atoms with E-state index < -0.39 is 50.3 Å². The number of nitrogens with zero attached hydrogens (tertiary/aromatic N) is 3. The number of nitrogen functional groups attached to an aromatic ring is 1. The van der Waals surface area contributed by atoms with E-state index in [0.29, 0.717) is 11.2 Å². The van der Waals surface area contributed by atoms with Crippen molar-refractivity contribution in [1.82, 2.24) is 19.7 Å². The summed E-state index contributed by atoms with van der Waals surface area (Å²) in [5, 5.41) is 28.9. The minimum Gasteiger partial charge on any atom is -0.464 e. The van der Waals surface area contributed by atoms with Gasteiger partial charge >= 0.3 is 13.7 Å². The predicted octanol–water partition coefficient (Wildman–Crippen LogP) is 1.75. The molecule has 0 unspecified atom stereocenters. The normalized spacial score (nSPS) is 24.5. The number of rotatable bonds is 14. The van der Waals surface area contributed by atoms with E-state index in [2.05, 4.69) is 15.2 Å². The smallest absolute Gasteiger partial charge is 0.459 e. The van der Waals surface area contributed by atoms with Gasteiger partial charge in [-0.2, -0.15) is 10.2 Å². The summed E-state index contributed by atoms with van der Waals surface area (Å²) in [4.78, 5) is 16.7. The van der Waals surface area contributed by atoms with Gasteiger partial charge in [-0.05, 0) is 37.1 Å². The molecule has 3 heterocycles. The van der Waals surface area contributed by atoms with Crippen LogP contribution in [0.2, 0.25) is 0 Å². The Morgan fingerprint density at radius 1 is 1.21 bits per heavy atom. The van der Waals surface area contributed by atoms with Crippen molar-refractivity contribution in [2.24, 2.45) is 11.7 Å². The number of aromatic nitrogens is 3. The minimum atomic E-state index is -4.26. The second kappa shape index (κ2) is 13.5. The van der Waals surface area contributed by atoms with Gasteiger partial charge in [-0.1, -0.05) is 44.9 Å². The van der Waals surface area contributed by atoms with Crippen LogP contribution in [0, 0.1) is 5.92 Å². The van der Waals surface area contributed by atoms with E-state index in [0.717, 1.165) is 12.8 Å². The van der Waals surface area contributed by atoms with Gasteiger partial charge in [0.2, 0.25) is 0 Å². The molecule has 0 aliphatic carbocycles. The summed E-state index contributed by atoms with van der Waals surface area (Å²) < 4.78 is 38.3. The molecule has 3 aromatic rings. The average molecular weight is 607 g/mol. The fourth-order valence-corrected chi connectivity index (χ4v) is 6.30. The van der Waals surface area contributed by atoms with Crippen LogP contribution in [0.5, 0.6) is 5.75 Å². The van der Waals surface area contributed by atoms with Crippen molar-refractivity contribution < 1.29 is 38.1 Å². The highest BCUT2D eigenvalue weighted by Crippen LogP contribution is 2.47. The molecule has 0 radical (unpaired) electrons. The maximum atomic E-state index is 13.9. The van der Waals surface area contributed by atoms with E-state index in [-0.39, 0.29) is 30.6 Å². The first-order chi connectivity index (χ1) is 20.1. The first-order valence-corrected chi connectivity index (χ1v) is 15.4. The first kappa shape index (κ1) is 31.8. The number of nitrogens with one attached hydrogen (secondary N) is 1. The molecule has 6 atom stereocenters. The molecule has 0 spiro atoms. The van der Waals surface area contributed by atoms with Crippen molar-refractivity contribution in [1.29, 1.82) is 0 Å². The summed E-state index contributed by atoms with van der Waals surface area (Å²) in [6.45, 7) is 5.00. The molecule has 230 valence electrons. The van der Waals surface area contributed by atoms with Crippen LogP contribution >= 0.6 is 7.75 Å². The lowest BCUT2D eigenvalue weighted by molar-refractivity contribution is -0.146. The highest BCUT2D eigenvalue weighted by atomic mass is 31.2. The number of fused-ring (bicyclic) bond motifs is 1. The van der Waals surface area contributed by atoms with Crippen LogP contribution < -0.4 is 21.1 Å². The number of para-hydroxylation sites is 1. The Balaban J connectivity index is 1.53. The number of aliphatic hydroxyl groups is 2.